The lowest BCUT2D eigenvalue weighted by Crippen LogP contribution is -2.32. The Morgan fingerprint density at radius 1 is 1.59 bits per heavy atom. The van der Waals surface area contributed by atoms with Gasteiger partial charge >= 0.3 is 0 Å². The number of nitrogens with zero attached hydrogens (tertiary/aromatic N) is 1. The summed E-state index contributed by atoms with van der Waals surface area (Å²) in [6.45, 7) is 6.40. The average Bonchev–Trinajstić information content (AvgIpc) is 2.73. The highest BCUT2D eigenvalue weighted by Gasteiger charge is 2.12. The van der Waals surface area contributed by atoms with Gasteiger partial charge in [0, 0.05) is 6.54 Å². The molecule has 0 aliphatic heterocycles. The SMILES string of the molecule is CCc1ncc(C(=O)NCC(O)CC(C)C)s1. The summed E-state index contributed by atoms with van der Waals surface area (Å²) in [5, 5.41) is 13.3. The second-order valence-corrected chi connectivity index (χ2v) is 5.58. The van der Waals surface area contributed by atoms with Crippen LogP contribution in [0.4, 0.5) is 0 Å². The molecule has 0 radical (unpaired) electrons. The number of aromatic nitrogens is 1. The smallest absolute Gasteiger partial charge is 0.263 e. The van der Waals surface area contributed by atoms with Crippen LogP contribution in [-0.2, 0) is 6.42 Å². The fourth-order valence-corrected chi connectivity index (χ4v) is 2.28. The third kappa shape index (κ3) is 4.83. The molecule has 0 saturated heterocycles. The number of nitrogens with one attached hydrogen (secondary N) is 1. The van der Waals surface area contributed by atoms with Gasteiger partial charge in [-0.05, 0) is 18.8 Å². The van der Waals surface area contributed by atoms with E-state index in [1.165, 1.54) is 11.3 Å². The number of aliphatic hydroxyl groups is 1. The lowest BCUT2D eigenvalue weighted by molar-refractivity contribution is 0.0904. The maximum Gasteiger partial charge on any atom is 0.263 e. The molecule has 4 nitrogen and oxygen atoms in total. The Kier molecular flexibility index (Phi) is 5.58. The maximum atomic E-state index is 11.7. The summed E-state index contributed by atoms with van der Waals surface area (Å²) in [4.78, 5) is 16.4. The molecule has 1 rings (SSSR count). The number of thiazole rings is 1. The molecule has 0 fully saturated rings. The molecule has 1 aromatic heterocycles. The molecule has 1 aromatic rings. The summed E-state index contributed by atoms with van der Waals surface area (Å²) in [6, 6.07) is 0. The quantitative estimate of drug-likeness (QED) is 0.816. The molecule has 0 spiro atoms. The number of rotatable bonds is 6. The van der Waals surface area contributed by atoms with Crippen molar-refractivity contribution < 1.29 is 9.90 Å². The number of amides is 1. The second kappa shape index (κ2) is 6.71. The lowest BCUT2D eigenvalue weighted by Gasteiger charge is -2.13. The van der Waals surface area contributed by atoms with E-state index in [1.807, 2.05) is 20.8 Å². The highest BCUT2D eigenvalue weighted by Crippen LogP contribution is 2.13. The zero-order valence-electron chi connectivity index (χ0n) is 10.6. The minimum atomic E-state index is -0.475. The van der Waals surface area contributed by atoms with Crippen LogP contribution in [0.5, 0.6) is 0 Å². The topological polar surface area (TPSA) is 62.2 Å². The first kappa shape index (κ1) is 14.1. The Bertz CT molecular complexity index is 363. The molecule has 96 valence electrons. The monoisotopic (exact) mass is 256 g/mol. The summed E-state index contributed by atoms with van der Waals surface area (Å²) in [5.74, 6) is 0.280. The first-order chi connectivity index (χ1) is 8.02. The molecule has 1 amide bonds. The van der Waals surface area contributed by atoms with Gasteiger partial charge in [-0.15, -0.1) is 11.3 Å². The van der Waals surface area contributed by atoms with Gasteiger partial charge in [0.25, 0.3) is 5.91 Å². The van der Waals surface area contributed by atoms with Crippen molar-refractivity contribution in [3.8, 4) is 0 Å². The third-order valence-corrected chi connectivity index (χ3v) is 3.46. The van der Waals surface area contributed by atoms with Crippen molar-refractivity contribution in [2.75, 3.05) is 6.54 Å². The average molecular weight is 256 g/mol. The number of aliphatic hydroxyl groups excluding tert-OH is 1. The van der Waals surface area contributed by atoms with Gasteiger partial charge in [-0.25, -0.2) is 4.98 Å². The van der Waals surface area contributed by atoms with Gasteiger partial charge in [0.15, 0.2) is 0 Å². The van der Waals surface area contributed by atoms with Gasteiger partial charge in [0.2, 0.25) is 0 Å². The van der Waals surface area contributed by atoms with Gasteiger partial charge in [0.1, 0.15) is 4.88 Å². The Labute approximate surface area is 106 Å². The Balaban J connectivity index is 2.39. The molecule has 1 atom stereocenters. The van der Waals surface area contributed by atoms with Gasteiger partial charge in [-0.1, -0.05) is 20.8 Å². The van der Waals surface area contributed by atoms with Gasteiger partial charge in [-0.3, -0.25) is 4.79 Å². The standard InChI is InChI=1S/C12H20N2O2S/c1-4-11-13-7-10(17-11)12(16)14-6-9(15)5-8(2)3/h7-9,15H,4-6H2,1-3H3,(H,14,16). The first-order valence-corrected chi connectivity index (χ1v) is 6.75. The number of carbonyl (C=O) groups excluding carboxylic acids is 1. The van der Waals surface area contributed by atoms with E-state index in [-0.39, 0.29) is 5.91 Å². The van der Waals surface area contributed by atoms with Crippen molar-refractivity contribution in [3.05, 3.63) is 16.1 Å². The van der Waals surface area contributed by atoms with Crippen LogP contribution in [0.25, 0.3) is 0 Å². The fourth-order valence-electron chi connectivity index (χ4n) is 1.50. The van der Waals surface area contributed by atoms with Gasteiger partial charge < -0.3 is 10.4 Å². The van der Waals surface area contributed by atoms with Crippen LogP contribution >= 0.6 is 11.3 Å². The van der Waals surface area contributed by atoms with E-state index in [1.54, 1.807) is 6.20 Å². The molecular weight excluding hydrogens is 236 g/mol. The summed E-state index contributed by atoms with van der Waals surface area (Å²) in [5.41, 5.74) is 0. The zero-order valence-corrected chi connectivity index (χ0v) is 11.4. The van der Waals surface area contributed by atoms with E-state index in [0.29, 0.717) is 23.8 Å². The van der Waals surface area contributed by atoms with Crippen LogP contribution in [0.2, 0.25) is 0 Å². The van der Waals surface area contributed by atoms with Crippen molar-refractivity contribution >= 4 is 17.2 Å². The molecule has 0 saturated carbocycles. The van der Waals surface area contributed by atoms with E-state index in [2.05, 4.69) is 10.3 Å². The van der Waals surface area contributed by atoms with Crippen molar-refractivity contribution in [2.24, 2.45) is 5.92 Å². The largest absolute Gasteiger partial charge is 0.391 e. The first-order valence-electron chi connectivity index (χ1n) is 5.93. The van der Waals surface area contributed by atoms with Crippen molar-refractivity contribution in [1.82, 2.24) is 10.3 Å². The van der Waals surface area contributed by atoms with Crippen LogP contribution in [0.15, 0.2) is 6.20 Å². The molecule has 5 heteroatoms. The van der Waals surface area contributed by atoms with Crippen LogP contribution in [0, 0.1) is 5.92 Å². The fraction of sp³-hybridized carbons (Fsp3) is 0.667. The Morgan fingerprint density at radius 3 is 2.82 bits per heavy atom. The van der Waals surface area contributed by atoms with Crippen LogP contribution in [0.1, 0.15) is 41.9 Å². The van der Waals surface area contributed by atoms with Gasteiger partial charge in [0.05, 0.1) is 17.3 Å². The number of carbonyl (C=O) groups is 1. The number of hydrogen-bond donors (Lipinski definition) is 2. The molecule has 0 aliphatic carbocycles. The van der Waals surface area contributed by atoms with E-state index >= 15 is 0 Å². The van der Waals surface area contributed by atoms with E-state index < -0.39 is 6.10 Å². The molecule has 1 unspecified atom stereocenters. The highest BCUT2D eigenvalue weighted by molar-refractivity contribution is 7.13. The normalized spacial score (nSPS) is 12.8. The van der Waals surface area contributed by atoms with Crippen LogP contribution < -0.4 is 5.32 Å². The zero-order chi connectivity index (χ0) is 12.8. The molecule has 0 bridgehead atoms. The summed E-state index contributed by atoms with van der Waals surface area (Å²) >= 11 is 1.40. The summed E-state index contributed by atoms with van der Waals surface area (Å²) < 4.78 is 0. The van der Waals surface area contributed by atoms with Crippen molar-refractivity contribution in [2.45, 2.75) is 39.7 Å². The van der Waals surface area contributed by atoms with E-state index in [4.69, 9.17) is 0 Å². The number of hydrogen-bond acceptors (Lipinski definition) is 4. The molecule has 0 aliphatic rings. The summed E-state index contributed by atoms with van der Waals surface area (Å²) in [7, 11) is 0. The van der Waals surface area contributed by atoms with Crippen LogP contribution in [-0.4, -0.2) is 28.6 Å². The molecule has 0 aromatic carbocycles. The van der Waals surface area contributed by atoms with Crippen molar-refractivity contribution in [3.63, 3.8) is 0 Å². The number of aryl methyl sites for hydroxylation is 1. The lowest BCUT2D eigenvalue weighted by atomic mass is 10.1. The van der Waals surface area contributed by atoms with E-state index in [0.717, 1.165) is 11.4 Å². The maximum absolute atomic E-state index is 11.7. The Morgan fingerprint density at radius 2 is 2.29 bits per heavy atom. The minimum absolute atomic E-state index is 0.148. The van der Waals surface area contributed by atoms with Crippen molar-refractivity contribution in [1.29, 1.82) is 0 Å². The van der Waals surface area contributed by atoms with Gasteiger partial charge in [-0.2, -0.15) is 0 Å². The van der Waals surface area contributed by atoms with E-state index in [9.17, 15) is 9.90 Å². The third-order valence-electron chi connectivity index (χ3n) is 2.32. The predicted molar refractivity (Wildman–Crippen MR) is 69.3 cm³/mol. The summed E-state index contributed by atoms with van der Waals surface area (Å²) in [6.07, 6.45) is 2.66. The Hall–Kier alpha value is -0.940. The predicted octanol–water partition coefficient (Wildman–Crippen LogP) is 1.84. The molecule has 2 N–H and O–H groups in total. The molecule has 1 heterocycles. The highest BCUT2D eigenvalue weighted by atomic mass is 32.1. The minimum Gasteiger partial charge on any atom is -0.391 e. The van der Waals surface area contributed by atoms with Crippen LogP contribution in [0.3, 0.4) is 0 Å². The second-order valence-electron chi connectivity index (χ2n) is 4.47. The molecular formula is C12H20N2O2S. The molecule has 17 heavy (non-hydrogen) atoms.